The first kappa shape index (κ1) is 15.9. The molecule has 5 heteroatoms. The van der Waals surface area contributed by atoms with Crippen molar-refractivity contribution in [1.82, 2.24) is 4.98 Å². The lowest BCUT2D eigenvalue weighted by molar-refractivity contribution is 0.411. The Morgan fingerprint density at radius 3 is 2.67 bits per heavy atom. The largest absolute Gasteiger partial charge is 0.493 e. The number of aromatic nitrogens is 1. The van der Waals surface area contributed by atoms with Crippen molar-refractivity contribution in [3.63, 3.8) is 0 Å². The maximum Gasteiger partial charge on any atom is 0.218 e. The predicted molar refractivity (Wildman–Crippen MR) is 89.2 cm³/mol. The van der Waals surface area contributed by atoms with Crippen LogP contribution in [0, 0.1) is 6.92 Å². The van der Waals surface area contributed by atoms with Gasteiger partial charge in [-0.1, -0.05) is 6.07 Å². The van der Waals surface area contributed by atoms with E-state index in [0.717, 1.165) is 47.7 Å². The van der Waals surface area contributed by atoms with Gasteiger partial charge in [0.15, 0.2) is 0 Å². The van der Waals surface area contributed by atoms with E-state index in [-0.39, 0.29) is 18.3 Å². The van der Waals surface area contributed by atoms with Crippen molar-refractivity contribution in [2.75, 3.05) is 5.32 Å². The molecule has 0 bridgehead atoms. The second-order valence-electron chi connectivity index (χ2n) is 5.75. The molecule has 4 N–H and O–H groups in total. The molecule has 0 amide bonds. The molecule has 1 aromatic heterocycles. The molecule has 1 aliphatic rings. The number of halogens is 1. The van der Waals surface area contributed by atoms with Crippen LogP contribution in [-0.4, -0.2) is 22.2 Å². The van der Waals surface area contributed by atoms with E-state index >= 15 is 0 Å². The summed E-state index contributed by atoms with van der Waals surface area (Å²) in [5, 5.41) is 15.4. The third kappa shape index (κ3) is 3.22. The minimum atomic E-state index is 0. The fourth-order valence-corrected chi connectivity index (χ4v) is 3.06. The number of aromatic hydroxyl groups is 1. The Labute approximate surface area is 131 Å². The second-order valence-corrected chi connectivity index (χ2v) is 5.75. The summed E-state index contributed by atoms with van der Waals surface area (Å²) in [6.45, 7) is 2.02. The Morgan fingerprint density at radius 2 is 1.95 bits per heavy atom. The van der Waals surface area contributed by atoms with Gasteiger partial charge in [-0.25, -0.2) is 4.98 Å². The smallest absolute Gasteiger partial charge is 0.218 e. The van der Waals surface area contributed by atoms with Gasteiger partial charge < -0.3 is 16.2 Å². The van der Waals surface area contributed by atoms with Crippen LogP contribution in [0.5, 0.6) is 5.88 Å². The van der Waals surface area contributed by atoms with Gasteiger partial charge in [-0.3, -0.25) is 0 Å². The SMILES string of the molecule is Cc1cnc(O)c2cccc(N[C@H]3CC[C@H](N)CC3)c12.Cl. The molecular weight excluding hydrogens is 286 g/mol. The van der Waals surface area contributed by atoms with Crippen molar-refractivity contribution in [3.8, 4) is 5.88 Å². The topological polar surface area (TPSA) is 71.2 Å². The lowest BCUT2D eigenvalue weighted by Gasteiger charge is -2.28. The average molecular weight is 308 g/mol. The summed E-state index contributed by atoms with van der Waals surface area (Å²) in [7, 11) is 0. The lowest BCUT2D eigenvalue weighted by Crippen LogP contribution is -2.32. The molecule has 0 saturated heterocycles. The van der Waals surface area contributed by atoms with Crippen molar-refractivity contribution >= 4 is 28.9 Å². The van der Waals surface area contributed by atoms with Crippen molar-refractivity contribution in [2.24, 2.45) is 5.73 Å². The quantitative estimate of drug-likeness (QED) is 0.795. The van der Waals surface area contributed by atoms with Crippen LogP contribution < -0.4 is 11.1 Å². The molecule has 0 aliphatic heterocycles. The second kappa shape index (κ2) is 6.50. The number of benzene rings is 1. The zero-order valence-electron chi connectivity index (χ0n) is 12.2. The first-order valence-electron chi connectivity index (χ1n) is 7.24. The summed E-state index contributed by atoms with van der Waals surface area (Å²) in [5.74, 6) is 0.0971. The summed E-state index contributed by atoms with van der Waals surface area (Å²) in [5.41, 5.74) is 8.11. The van der Waals surface area contributed by atoms with Gasteiger partial charge in [-0.2, -0.15) is 0 Å². The molecule has 4 nitrogen and oxygen atoms in total. The molecule has 0 unspecified atom stereocenters. The van der Waals surface area contributed by atoms with E-state index in [9.17, 15) is 5.11 Å². The van der Waals surface area contributed by atoms with Crippen molar-refractivity contribution in [1.29, 1.82) is 0 Å². The molecule has 0 spiro atoms. The molecule has 1 heterocycles. The van der Waals surface area contributed by atoms with Gasteiger partial charge in [0.05, 0.1) is 0 Å². The highest BCUT2D eigenvalue weighted by molar-refractivity contribution is 5.98. The highest BCUT2D eigenvalue weighted by atomic mass is 35.5. The Balaban J connectivity index is 0.00000161. The predicted octanol–water partition coefficient (Wildman–Crippen LogP) is 3.35. The van der Waals surface area contributed by atoms with E-state index in [1.54, 1.807) is 6.20 Å². The van der Waals surface area contributed by atoms with E-state index in [4.69, 9.17) is 5.73 Å². The standard InChI is InChI=1S/C16H21N3O.ClH/c1-10-9-18-16(20)13-3-2-4-14(15(10)13)19-12-7-5-11(17)6-8-12;/h2-4,9,11-12,19H,5-8,17H2,1H3,(H,18,20);1H/t11-,12-;. The summed E-state index contributed by atoms with van der Waals surface area (Å²) < 4.78 is 0. The number of nitrogens with two attached hydrogens (primary N) is 1. The van der Waals surface area contributed by atoms with E-state index in [1.807, 2.05) is 19.1 Å². The monoisotopic (exact) mass is 307 g/mol. The van der Waals surface area contributed by atoms with Crippen LogP contribution in [0.25, 0.3) is 10.8 Å². The zero-order chi connectivity index (χ0) is 14.1. The van der Waals surface area contributed by atoms with E-state index in [1.165, 1.54) is 0 Å². The Morgan fingerprint density at radius 1 is 1.24 bits per heavy atom. The van der Waals surface area contributed by atoms with Crippen LogP contribution in [0.1, 0.15) is 31.2 Å². The van der Waals surface area contributed by atoms with Gasteiger partial charge in [0.25, 0.3) is 0 Å². The lowest BCUT2D eigenvalue weighted by atomic mass is 9.91. The highest BCUT2D eigenvalue weighted by Gasteiger charge is 2.19. The van der Waals surface area contributed by atoms with Crippen LogP contribution in [-0.2, 0) is 0 Å². The first-order chi connectivity index (χ1) is 9.65. The first-order valence-corrected chi connectivity index (χ1v) is 7.24. The number of nitrogens with zero attached hydrogens (tertiary/aromatic N) is 1. The van der Waals surface area contributed by atoms with Gasteiger partial charge in [0, 0.05) is 34.7 Å². The van der Waals surface area contributed by atoms with Crippen LogP contribution in [0.2, 0.25) is 0 Å². The summed E-state index contributed by atoms with van der Waals surface area (Å²) in [6, 6.07) is 6.77. The van der Waals surface area contributed by atoms with Crippen molar-refractivity contribution < 1.29 is 5.11 Å². The van der Waals surface area contributed by atoms with Gasteiger partial charge in [0.1, 0.15) is 0 Å². The number of hydrogen-bond donors (Lipinski definition) is 3. The minimum Gasteiger partial charge on any atom is -0.493 e. The number of pyridine rings is 1. The molecule has 1 saturated carbocycles. The van der Waals surface area contributed by atoms with Crippen molar-refractivity contribution in [2.45, 2.75) is 44.7 Å². The maximum atomic E-state index is 9.91. The highest BCUT2D eigenvalue weighted by Crippen LogP contribution is 2.32. The molecule has 1 fully saturated rings. The van der Waals surface area contributed by atoms with Gasteiger partial charge in [0.2, 0.25) is 5.88 Å². The fourth-order valence-electron chi connectivity index (χ4n) is 3.06. The van der Waals surface area contributed by atoms with Crippen LogP contribution in [0.3, 0.4) is 0 Å². The molecule has 0 atom stereocenters. The molecule has 0 radical (unpaired) electrons. The maximum absolute atomic E-state index is 9.91. The summed E-state index contributed by atoms with van der Waals surface area (Å²) >= 11 is 0. The number of hydrogen-bond acceptors (Lipinski definition) is 4. The van der Waals surface area contributed by atoms with Crippen LogP contribution >= 0.6 is 12.4 Å². The molecule has 3 rings (SSSR count). The Hall–Kier alpha value is -1.52. The fraction of sp³-hybridized carbons (Fsp3) is 0.438. The van der Waals surface area contributed by atoms with E-state index in [2.05, 4.69) is 16.4 Å². The van der Waals surface area contributed by atoms with Gasteiger partial charge in [-0.15, -0.1) is 12.4 Å². The van der Waals surface area contributed by atoms with Crippen LogP contribution in [0.15, 0.2) is 24.4 Å². The third-order valence-electron chi connectivity index (χ3n) is 4.21. The molecule has 21 heavy (non-hydrogen) atoms. The molecular formula is C16H22ClN3O. The summed E-state index contributed by atoms with van der Waals surface area (Å²) in [6.07, 6.45) is 6.09. The molecule has 2 aromatic rings. The number of rotatable bonds is 2. The number of nitrogens with one attached hydrogen (secondary N) is 1. The number of fused-ring (bicyclic) bond motifs is 1. The molecule has 1 aromatic carbocycles. The zero-order valence-corrected chi connectivity index (χ0v) is 13.0. The Bertz CT molecular complexity index is 624. The third-order valence-corrected chi connectivity index (χ3v) is 4.21. The molecule has 114 valence electrons. The van der Waals surface area contributed by atoms with Crippen LogP contribution in [0.4, 0.5) is 5.69 Å². The number of aryl methyl sites for hydroxylation is 1. The number of anilines is 1. The average Bonchev–Trinajstić information content (AvgIpc) is 2.46. The van der Waals surface area contributed by atoms with Gasteiger partial charge >= 0.3 is 0 Å². The van der Waals surface area contributed by atoms with Crippen molar-refractivity contribution in [3.05, 3.63) is 30.0 Å². The normalized spacial score (nSPS) is 21.8. The summed E-state index contributed by atoms with van der Waals surface area (Å²) in [4.78, 5) is 4.02. The Kier molecular flexibility index (Phi) is 4.91. The molecule has 1 aliphatic carbocycles. The van der Waals surface area contributed by atoms with E-state index in [0.29, 0.717) is 12.1 Å². The minimum absolute atomic E-state index is 0. The van der Waals surface area contributed by atoms with E-state index < -0.39 is 0 Å². The van der Waals surface area contributed by atoms with Gasteiger partial charge in [-0.05, 0) is 50.3 Å².